The Morgan fingerprint density at radius 1 is 1.47 bits per heavy atom. The van der Waals surface area contributed by atoms with Crippen molar-refractivity contribution in [3.05, 3.63) is 28.5 Å². The number of hydrogen-bond donors (Lipinski definition) is 1. The molecule has 0 spiro atoms. The van der Waals surface area contributed by atoms with E-state index in [-0.39, 0.29) is 6.04 Å². The summed E-state index contributed by atoms with van der Waals surface area (Å²) < 4.78 is 2.13. The molecule has 2 rings (SSSR count). The Kier molecular flexibility index (Phi) is 3.78. The first-order chi connectivity index (χ1) is 8.24. The number of nitrogens with zero attached hydrogens (tertiary/aromatic N) is 3. The van der Waals surface area contributed by atoms with Gasteiger partial charge in [0.1, 0.15) is 5.01 Å². The van der Waals surface area contributed by atoms with Crippen molar-refractivity contribution in [2.75, 3.05) is 5.32 Å². The van der Waals surface area contributed by atoms with Crippen molar-refractivity contribution < 1.29 is 0 Å². The van der Waals surface area contributed by atoms with Gasteiger partial charge in [-0.25, -0.2) is 9.97 Å². The van der Waals surface area contributed by atoms with Crippen LogP contribution in [0.3, 0.4) is 0 Å². The summed E-state index contributed by atoms with van der Waals surface area (Å²) in [4.78, 5) is 8.87. The molecule has 0 aliphatic heterocycles. The van der Waals surface area contributed by atoms with Crippen molar-refractivity contribution in [1.82, 2.24) is 14.5 Å². The Morgan fingerprint density at radius 3 is 2.88 bits per heavy atom. The topological polar surface area (TPSA) is 42.7 Å². The molecule has 0 aliphatic rings. The van der Waals surface area contributed by atoms with Crippen LogP contribution in [-0.2, 0) is 6.54 Å². The quantitative estimate of drug-likeness (QED) is 0.886. The van der Waals surface area contributed by atoms with Gasteiger partial charge in [0, 0.05) is 24.3 Å². The van der Waals surface area contributed by atoms with E-state index < -0.39 is 0 Å². The molecule has 17 heavy (non-hydrogen) atoms. The highest BCUT2D eigenvalue weighted by Crippen LogP contribution is 2.23. The third-order valence-corrected chi connectivity index (χ3v) is 3.59. The highest BCUT2D eigenvalue weighted by molar-refractivity contribution is 7.09. The summed E-state index contributed by atoms with van der Waals surface area (Å²) in [6.45, 7) is 7.22. The van der Waals surface area contributed by atoms with E-state index in [1.54, 1.807) is 11.3 Å². The van der Waals surface area contributed by atoms with E-state index in [4.69, 9.17) is 0 Å². The van der Waals surface area contributed by atoms with Crippen LogP contribution >= 0.6 is 11.3 Å². The molecule has 0 aliphatic carbocycles. The standard InChI is InChI=1S/C12H18N4S/c1-4-10(11-13-6-7-17-11)15-12-14-9(3)8-16(12)5-2/h6-8,10H,4-5H2,1-3H3,(H,14,15). The summed E-state index contributed by atoms with van der Waals surface area (Å²) in [6.07, 6.45) is 4.92. The molecule has 0 radical (unpaired) electrons. The predicted octanol–water partition coefficient (Wildman–Crippen LogP) is 3.23. The molecule has 92 valence electrons. The zero-order valence-corrected chi connectivity index (χ0v) is 11.3. The predicted molar refractivity (Wildman–Crippen MR) is 71.4 cm³/mol. The number of rotatable bonds is 5. The summed E-state index contributed by atoms with van der Waals surface area (Å²) in [5.74, 6) is 0.937. The number of nitrogens with one attached hydrogen (secondary N) is 1. The minimum atomic E-state index is 0.252. The maximum Gasteiger partial charge on any atom is 0.203 e. The van der Waals surface area contributed by atoms with Crippen LogP contribution in [0.15, 0.2) is 17.8 Å². The van der Waals surface area contributed by atoms with Gasteiger partial charge in [0.05, 0.1) is 11.7 Å². The molecule has 0 saturated heterocycles. The second-order valence-electron chi connectivity index (χ2n) is 3.97. The van der Waals surface area contributed by atoms with Crippen molar-refractivity contribution in [1.29, 1.82) is 0 Å². The number of imidazole rings is 1. The van der Waals surface area contributed by atoms with Crippen molar-refractivity contribution in [2.24, 2.45) is 0 Å². The van der Waals surface area contributed by atoms with Gasteiger partial charge in [-0.2, -0.15) is 0 Å². The van der Waals surface area contributed by atoms with Gasteiger partial charge >= 0.3 is 0 Å². The zero-order valence-electron chi connectivity index (χ0n) is 10.5. The molecular weight excluding hydrogens is 232 g/mol. The van der Waals surface area contributed by atoms with Gasteiger partial charge in [-0.05, 0) is 20.3 Å². The van der Waals surface area contributed by atoms with Crippen LogP contribution in [0.25, 0.3) is 0 Å². The number of aryl methyl sites for hydroxylation is 2. The highest BCUT2D eigenvalue weighted by Gasteiger charge is 2.14. The molecule has 2 aromatic rings. The van der Waals surface area contributed by atoms with E-state index >= 15 is 0 Å². The van der Waals surface area contributed by atoms with Gasteiger partial charge in [-0.15, -0.1) is 11.3 Å². The first kappa shape index (κ1) is 12.1. The van der Waals surface area contributed by atoms with Crippen LogP contribution in [0.2, 0.25) is 0 Å². The monoisotopic (exact) mass is 250 g/mol. The van der Waals surface area contributed by atoms with Crippen molar-refractivity contribution in [3.8, 4) is 0 Å². The molecular formula is C12H18N4S. The van der Waals surface area contributed by atoms with E-state index in [0.717, 1.165) is 29.6 Å². The van der Waals surface area contributed by atoms with Crippen LogP contribution in [0.4, 0.5) is 5.95 Å². The highest BCUT2D eigenvalue weighted by atomic mass is 32.1. The minimum Gasteiger partial charge on any atom is -0.346 e. The van der Waals surface area contributed by atoms with E-state index in [1.165, 1.54) is 0 Å². The molecule has 0 saturated carbocycles. The van der Waals surface area contributed by atoms with Gasteiger partial charge in [-0.1, -0.05) is 6.92 Å². The third kappa shape index (κ3) is 2.66. The fourth-order valence-corrected chi connectivity index (χ4v) is 2.58. The summed E-state index contributed by atoms with van der Waals surface area (Å²) in [7, 11) is 0. The Labute approximate surface area is 106 Å². The lowest BCUT2D eigenvalue weighted by atomic mass is 10.2. The van der Waals surface area contributed by atoms with Crippen LogP contribution < -0.4 is 5.32 Å². The normalized spacial score (nSPS) is 12.6. The largest absolute Gasteiger partial charge is 0.346 e. The number of thiazole rings is 1. The Morgan fingerprint density at radius 2 is 2.29 bits per heavy atom. The lowest BCUT2D eigenvalue weighted by Crippen LogP contribution is -2.13. The maximum atomic E-state index is 4.51. The molecule has 4 nitrogen and oxygen atoms in total. The molecule has 1 N–H and O–H groups in total. The number of anilines is 1. The molecule has 2 heterocycles. The van der Waals surface area contributed by atoms with Gasteiger partial charge < -0.3 is 9.88 Å². The van der Waals surface area contributed by atoms with E-state index in [9.17, 15) is 0 Å². The van der Waals surface area contributed by atoms with Crippen molar-refractivity contribution in [3.63, 3.8) is 0 Å². The van der Waals surface area contributed by atoms with Crippen LogP contribution in [0.1, 0.15) is 37.0 Å². The van der Waals surface area contributed by atoms with Crippen molar-refractivity contribution >= 4 is 17.3 Å². The van der Waals surface area contributed by atoms with E-state index in [1.807, 2.05) is 18.5 Å². The molecule has 0 bridgehead atoms. The SMILES string of the molecule is CCC(Nc1nc(C)cn1CC)c1nccs1. The number of hydrogen-bond acceptors (Lipinski definition) is 4. The van der Waals surface area contributed by atoms with Crippen LogP contribution in [0, 0.1) is 6.92 Å². The fraction of sp³-hybridized carbons (Fsp3) is 0.500. The Hall–Kier alpha value is -1.36. The van der Waals surface area contributed by atoms with Gasteiger partial charge in [-0.3, -0.25) is 0 Å². The summed E-state index contributed by atoms with van der Waals surface area (Å²) in [6, 6.07) is 0.252. The molecule has 2 aromatic heterocycles. The average molecular weight is 250 g/mol. The van der Waals surface area contributed by atoms with E-state index in [0.29, 0.717) is 0 Å². The summed E-state index contributed by atoms with van der Waals surface area (Å²) >= 11 is 1.68. The average Bonchev–Trinajstić information content (AvgIpc) is 2.94. The summed E-state index contributed by atoms with van der Waals surface area (Å²) in [5.41, 5.74) is 1.04. The molecule has 0 aromatic carbocycles. The number of aromatic nitrogens is 3. The Bertz CT molecular complexity index is 461. The van der Waals surface area contributed by atoms with Crippen LogP contribution in [-0.4, -0.2) is 14.5 Å². The third-order valence-electron chi connectivity index (χ3n) is 2.70. The second-order valence-corrected chi connectivity index (χ2v) is 4.89. The minimum absolute atomic E-state index is 0.252. The smallest absolute Gasteiger partial charge is 0.203 e. The van der Waals surface area contributed by atoms with Crippen molar-refractivity contribution in [2.45, 2.75) is 39.8 Å². The van der Waals surface area contributed by atoms with Gasteiger partial charge in [0.2, 0.25) is 5.95 Å². The van der Waals surface area contributed by atoms with Gasteiger partial charge in [0.15, 0.2) is 0 Å². The first-order valence-corrected chi connectivity index (χ1v) is 6.82. The molecule has 1 atom stereocenters. The first-order valence-electron chi connectivity index (χ1n) is 5.94. The second kappa shape index (κ2) is 5.31. The summed E-state index contributed by atoms with van der Waals surface area (Å²) in [5, 5.41) is 6.60. The zero-order chi connectivity index (χ0) is 12.3. The molecule has 0 amide bonds. The lowest BCUT2D eigenvalue weighted by Gasteiger charge is -2.15. The maximum absolute atomic E-state index is 4.51. The lowest BCUT2D eigenvalue weighted by molar-refractivity contribution is 0.698. The van der Waals surface area contributed by atoms with E-state index in [2.05, 4.69) is 39.9 Å². The molecule has 0 fully saturated rings. The fourth-order valence-electron chi connectivity index (χ4n) is 1.80. The molecule has 1 unspecified atom stereocenters. The Balaban J connectivity index is 2.18. The van der Waals surface area contributed by atoms with Gasteiger partial charge in [0.25, 0.3) is 0 Å². The van der Waals surface area contributed by atoms with Crippen LogP contribution in [0.5, 0.6) is 0 Å². The molecule has 5 heteroatoms.